The van der Waals surface area contributed by atoms with Crippen LogP contribution in [0.5, 0.6) is 0 Å². The van der Waals surface area contributed by atoms with E-state index in [9.17, 15) is 9.59 Å². The van der Waals surface area contributed by atoms with Crippen molar-refractivity contribution in [2.24, 2.45) is 0 Å². The van der Waals surface area contributed by atoms with Gasteiger partial charge >= 0.3 is 0 Å². The summed E-state index contributed by atoms with van der Waals surface area (Å²) in [5.41, 5.74) is 0.291. The third-order valence-corrected chi connectivity index (χ3v) is 4.70. The van der Waals surface area contributed by atoms with Crippen LogP contribution in [0.3, 0.4) is 0 Å². The first kappa shape index (κ1) is 16.6. The van der Waals surface area contributed by atoms with Gasteiger partial charge in [0.2, 0.25) is 0 Å². The van der Waals surface area contributed by atoms with Gasteiger partial charge in [-0.15, -0.1) is 0 Å². The number of carbonyl (C=O) groups is 1. The number of piperazine rings is 1. The Labute approximate surface area is 141 Å². The van der Waals surface area contributed by atoms with Crippen molar-refractivity contribution in [2.75, 3.05) is 33.2 Å². The first-order valence-electron chi connectivity index (χ1n) is 8.72. The minimum atomic E-state index is -0.113. The highest BCUT2D eigenvalue weighted by Gasteiger charge is 2.26. The minimum Gasteiger partial charge on any atom is -0.334 e. The number of unbranched alkanes of at least 4 members (excludes halogenated alkanes) is 1. The van der Waals surface area contributed by atoms with Gasteiger partial charge < -0.3 is 9.80 Å². The number of fused-ring (bicyclic) bond motifs is 1. The largest absolute Gasteiger partial charge is 0.334 e. The normalized spacial score (nSPS) is 15.8. The number of nitrogens with zero attached hydrogens (tertiary/aromatic N) is 3. The van der Waals surface area contributed by atoms with Crippen molar-refractivity contribution in [1.29, 1.82) is 0 Å². The van der Waals surface area contributed by atoms with Crippen LogP contribution in [0, 0.1) is 0 Å². The fourth-order valence-electron chi connectivity index (χ4n) is 3.09. The summed E-state index contributed by atoms with van der Waals surface area (Å²) >= 11 is 0. The topological polar surface area (TPSA) is 59.6 Å². The van der Waals surface area contributed by atoms with Crippen molar-refractivity contribution in [2.45, 2.75) is 26.3 Å². The molecule has 0 atom stereocenters. The van der Waals surface area contributed by atoms with Crippen LogP contribution in [0.2, 0.25) is 0 Å². The molecule has 1 amide bonds. The molecule has 1 fully saturated rings. The average Bonchev–Trinajstić information content (AvgIpc) is 2.61. The number of amides is 1. The van der Waals surface area contributed by atoms with E-state index in [-0.39, 0.29) is 11.5 Å². The number of rotatable bonds is 4. The zero-order valence-electron chi connectivity index (χ0n) is 14.4. The lowest BCUT2D eigenvalue weighted by Gasteiger charge is -2.30. The van der Waals surface area contributed by atoms with Gasteiger partial charge in [-0.25, -0.2) is 4.68 Å². The van der Waals surface area contributed by atoms with E-state index in [4.69, 9.17) is 0 Å². The minimum absolute atomic E-state index is 0.0658. The monoisotopic (exact) mass is 329 g/mol. The molecule has 0 spiro atoms. The zero-order valence-corrected chi connectivity index (χ0v) is 14.4. The average molecular weight is 329 g/mol. The third-order valence-electron chi connectivity index (χ3n) is 4.70. The van der Waals surface area contributed by atoms with E-state index in [0.29, 0.717) is 23.0 Å². The molecule has 3 rings (SSSR count). The maximum atomic E-state index is 13.0. The van der Waals surface area contributed by atoms with Gasteiger partial charge in [0, 0.05) is 11.9 Å². The number of benzene rings is 1. The Morgan fingerprint density at radius 3 is 2.54 bits per heavy atom. The molecule has 2 heterocycles. The number of carbonyl (C=O) groups excluding carboxylic acids is 1. The highest BCUT2D eigenvalue weighted by atomic mass is 16.2. The molecule has 0 unspecified atom stereocenters. The Balaban J connectivity index is 2.04. The van der Waals surface area contributed by atoms with Gasteiger partial charge in [-0.3, -0.25) is 9.59 Å². The van der Waals surface area contributed by atoms with Gasteiger partial charge in [-0.05, 0) is 12.5 Å². The molecule has 1 aliphatic heterocycles. The molecule has 24 heavy (non-hydrogen) atoms. The van der Waals surface area contributed by atoms with Gasteiger partial charge in [-0.2, -0.15) is 5.10 Å². The Bertz CT molecular complexity index is 791. The van der Waals surface area contributed by atoms with E-state index in [1.165, 1.54) is 9.58 Å². The molecule has 1 saturated heterocycles. The van der Waals surface area contributed by atoms with Crippen LogP contribution >= 0.6 is 0 Å². The Morgan fingerprint density at radius 2 is 1.88 bits per heavy atom. The molecule has 1 aromatic carbocycles. The number of aromatic nitrogens is 2. The number of hydrogen-bond donors (Lipinski definition) is 1. The maximum Gasteiger partial charge on any atom is 0.275 e. The molecule has 0 radical (unpaired) electrons. The molecule has 1 aromatic heterocycles. The second kappa shape index (κ2) is 7.13. The van der Waals surface area contributed by atoms with Crippen LogP contribution in [0.4, 0.5) is 0 Å². The van der Waals surface area contributed by atoms with E-state index >= 15 is 0 Å². The van der Waals surface area contributed by atoms with E-state index in [1.807, 2.05) is 23.1 Å². The summed E-state index contributed by atoms with van der Waals surface area (Å²) < 4.78 is 1.46. The summed E-state index contributed by atoms with van der Waals surface area (Å²) in [6, 6.07) is 7.29. The number of quaternary nitrogens is 1. The fourth-order valence-corrected chi connectivity index (χ4v) is 3.09. The predicted molar refractivity (Wildman–Crippen MR) is 93.4 cm³/mol. The highest BCUT2D eigenvalue weighted by Crippen LogP contribution is 2.15. The first-order chi connectivity index (χ1) is 11.6. The number of nitrogens with one attached hydrogen (secondary N) is 1. The molecular formula is C18H25N4O2+. The van der Waals surface area contributed by atoms with Gasteiger partial charge in [0.25, 0.3) is 11.5 Å². The standard InChI is InChI=1S/C18H24N4O2/c1-3-4-9-22-17(23)15-8-6-5-7-14(15)16(19-22)18(24)21-12-10-20(2)11-13-21/h5-8H,3-4,9-13H2,1-2H3/p+1. The van der Waals surface area contributed by atoms with Crippen molar-refractivity contribution >= 4 is 16.7 Å². The Morgan fingerprint density at radius 1 is 1.21 bits per heavy atom. The second-order valence-electron chi connectivity index (χ2n) is 6.53. The van der Waals surface area contributed by atoms with Crippen molar-refractivity contribution in [3.8, 4) is 0 Å². The van der Waals surface area contributed by atoms with Gasteiger partial charge in [0.15, 0.2) is 5.69 Å². The predicted octanol–water partition coefficient (Wildman–Crippen LogP) is 0.167. The molecule has 6 nitrogen and oxygen atoms in total. The third kappa shape index (κ3) is 3.19. The van der Waals surface area contributed by atoms with Crippen molar-refractivity contribution in [3.63, 3.8) is 0 Å². The molecule has 6 heteroatoms. The van der Waals surface area contributed by atoms with Crippen LogP contribution < -0.4 is 10.5 Å². The Kier molecular flexibility index (Phi) is 4.94. The molecule has 0 aliphatic carbocycles. The summed E-state index contributed by atoms with van der Waals surface area (Å²) in [7, 11) is 2.14. The van der Waals surface area contributed by atoms with Crippen LogP contribution in [0.25, 0.3) is 10.8 Å². The number of aryl methyl sites for hydroxylation is 1. The van der Waals surface area contributed by atoms with Gasteiger partial charge in [0.05, 0.1) is 38.6 Å². The molecular weight excluding hydrogens is 304 g/mol. The molecule has 0 saturated carbocycles. The quantitative estimate of drug-likeness (QED) is 0.870. The summed E-state index contributed by atoms with van der Waals surface area (Å²) in [5.74, 6) is -0.0658. The highest BCUT2D eigenvalue weighted by molar-refractivity contribution is 6.04. The van der Waals surface area contributed by atoms with E-state index in [0.717, 1.165) is 39.0 Å². The van der Waals surface area contributed by atoms with Gasteiger partial charge in [0.1, 0.15) is 0 Å². The van der Waals surface area contributed by atoms with Crippen LogP contribution in [-0.4, -0.2) is 53.8 Å². The second-order valence-corrected chi connectivity index (χ2v) is 6.53. The van der Waals surface area contributed by atoms with Gasteiger partial charge in [-0.1, -0.05) is 31.5 Å². The number of likely N-dealkylation sites (N-methyl/N-ethyl adjacent to an activating group) is 1. The SMILES string of the molecule is CCCCn1nc(C(=O)N2CC[NH+](C)CC2)c2ccccc2c1=O. The van der Waals surface area contributed by atoms with E-state index in [1.54, 1.807) is 6.07 Å². The van der Waals surface area contributed by atoms with E-state index < -0.39 is 0 Å². The maximum absolute atomic E-state index is 13.0. The summed E-state index contributed by atoms with van der Waals surface area (Å²) in [6.45, 7) is 5.97. The lowest BCUT2D eigenvalue weighted by atomic mass is 10.1. The van der Waals surface area contributed by atoms with Crippen LogP contribution in [0.1, 0.15) is 30.3 Å². The Hall–Kier alpha value is -2.21. The lowest BCUT2D eigenvalue weighted by molar-refractivity contribution is -0.883. The molecule has 1 N–H and O–H groups in total. The molecule has 0 bridgehead atoms. The van der Waals surface area contributed by atoms with E-state index in [2.05, 4.69) is 19.1 Å². The zero-order chi connectivity index (χ0) is 17.1. The van der Waals surface area contributed by atoms with Crippen LogP contribution in [-0.2, 0) is 6.54 Å². The fraction of sp³-hybridized carbons (Fsp3) is 0.500. The van der Waals surface area contributed by atoms with Crippen molar-refractivity contribution in [3.05, 3.63) is 40.3 Å². The smallest absolute Gasteiger partial charge is 0.275 e. The molecule has 1 aliphatic rings. The summed E-state index contributed by atoms with van der Waals surface area (Å²) in [4.78, 5) is 28.9. The summed E-state index contributed by atoms with van der Waals surface area (Å²) in [5, 5.41) is 5.67. The summed E-state index contributed by atoms with van der Waals surface area (Å²) in [6.07, 6.45) is 1.85. The number of hydrogen-bond acceptors (Lipinski definition) is 3. The van der Waals surface area contributed by atoms with Crippen LogP contribution in [0.15, 0.2) is 29.1 Å². The van der Waals surface area contributed by atoms with Crippen molar-refractivity contribution in [1.82, 2.24) is 14.7 Å². The first-order valence-corrected chi connectivity index (χ1v) is 8.72. The van der Waals surface area contributed by atoms with Crippen molar-refractivity contribution < 1.29 is 9.69 Å². The molecule has 2 aromatic rings. The molecule has 128 valence electrons. The lowest BCUT2D eigenvalue weighted by Crippen LogP contribution is -3.12.